The van der Waals surface area contributed by atoms with E-state index in [1.54, 1.807) is 17.8 Å². The lowest BCUT2D eigenvalue weighted by atomic mass is 10.2. The molecule has 0 amide bonds. The lowest BCUT2D eigenvalue weighted by Crippen LogP contribution is -2.05. The molecule has 126 valence electrons. The van der Waals surface area contributed by atoms with Crippen molar-refractivity contribution in [1.29, 1.82) is 0 Å². The van der Waals surface area contributed by atoms with E-state index < -0.39 is 11.7 Å². The fourth-order valence-corrected chi connectivity index (χ4v) is 3.06. The highest BCUT2D eigenvalue weighted by Crippen LogP contribution is 2.33. The topological polar surface area (TPSA) is 56.5 Å². The molecule has 5 nitrogen and oxygen atoms in total. The summed E-state index contributed by atoms with van der Waals surface area (Å²) in [4.78, 5) is 17.0. The number of nitrogens with zero attached hydrogens (tertiary/aromatic N) is 5. The minimum Gasteiger partial charge on any atom is -0.310 e. The Morgan fingerprint density at radius 2 is 1.96 bits per heavy atom. The maximum Gasteiger partial charge on any atom is 0.417 e. The van der Waals surface area contributed by atoms with E-state index in [2.05, 4.69) is 19.9 Å². The van der Waals surface area contributed by atoms with Crippen molar-refractivity contribution in [2.75, 3.05) is 5.75 Å². The average molecular weight is 374 g/mol. The molecule has 0 bridgehead atoms. The molecule has 0 saturated heterocycles. The van der Waals surface area contributed by atoms with Gasteiger partial charge in [0, 0.05) is 19.4 Å². The van der Waals surface area contributed by atoms with Crippen molar-refractivity contribution in [3.05, 3.63) is 29.3 Å². The molecular weight excluding hydrogens is 363 g/mol. The molecule has 0 fully saturated rings. The predicted octanol–water partition coefficient (Wildman–Crippen LogP) is 4.21. The van der Waals surface area contributed by atoms with E-state index in [1.807, 2.05) is 6.92 Å². The Labute approximate surface area is 144 Å². The van der Waals surface area contributed by atoms with E-state index >= 15 is 0 Å². The van der Waals surface area contributed by atoms with Gasteiger partial charge in [0.1, 0.15) is 11.2 Å². The number of aromatic nitrogens is 5. The first-order chi connectivity index (χ1) is 11.3. The Kier molecular flexibility index (Phi) is 4.39. The van der Waals surface area contributed by atoms with Crippen molar-refractivity contribution in [1.82, 2.24) is 24.5 Å². The van der Waals surface area contributed by atoms with Crippen LogP contribution in [-0.4, -0.2) is 30.3 Å². The number of thioether (sulfide) groups is 1. The van der Waals surface area contributed by atoms with Gasteiger partial charge in [-0.3, -0.25) is 0 Å². The molecule has 0 radical (unpaired) electrons. The zero-order valence-corrected chi connectivity index (χ0v) is 14.2. The van der Waals surface area contributed by atoms with Gasteiger partial charge in [0.2, 0.25) is 5.28 Å². The van der Waals surface area contributed by atoms with Crippen LogP contribution in [0.4, 0.5) is 13.2 Å². The van der Waals surface area contributed by atoms with Crippen molar-refractivity contribution in [2.24, 2.45) is 7.05 Å². The van der Waals surface area contributed by atoms with Gasteiger partial charge in [-0.05, 0) is 23.4 Å². The maximum absolute atomic E-state index is 12.8. The number of fused-ring (bicyclic) bond motifs is 1. The normalized spacial score (nSPS) is 12.1. The number of aryl methyl sites for hydroxylation is 1. The zero-order chi connectivity index (χ0) is 17.5. The number of alkyl halides is 3. The molecule has 3 heterocycles. The number of hydrogen-bond acceptors (Lipinski definition) is 5. The molecule has 0 aliphatic carbocycles. The summed E-state index contributed by atoms with van der Waals surface area (Å²) in [5.41, 5.74) is 0.101. The zero-order valence-electron chi connectivity index (χ0n) is 12.6. The van der Waals surface area contributed by atoms with Crippen LogP contribution in [0.2, 0.25) is 5.28 Å². The van der Waals surface area contributed by atoms with Crippen molar-refractivity contribution < 1.29 is 13.2 Å². The van der Waals surface area contributed by atoms with Gasteiger partial charge < -0.3 is 4.57 Å². The molecule has 0 saturated carbocycles. The van der Waals surface area contributed by atoms with Crippen LogP contribution in [-0.2, 0) is 13.2 Å². The molecule has 3 aromatic heterocycles. The number of halogens is 4. The summed E-state index contributed by atoms with van der Waals surface area (Å²) in [5, 5.41) is 0.0430. The third kappa shape index (κ3) is 3.05. The van der Waals surface area contributed by atoms with Crippen LogP contribution in [0.3, 0.4) is 0 Å². The Balaban J connectivity index is 2.21. The van der Waals surface area contributed by atoms with Gasteiger partial charge in [-0.15, -0.1) is 11.8 Å². The smallest absolute Gasteiger partial charge is 0.310 e. The lowest BCUT2D eigenvalue weighted by Gasteiger charge is -2.07. The Morgan fingerprint density at radius 1 is 1.21 bits per heavy atom. The van der Waals surface area contributed by atoms with Crippen LogP contribution in [0, 0.1) is 0 Å². The third-order valence-corrected chi connectivity index (χ3v) is 4.35. The number of pyridine rings is 1. The molecule has 24 heavy (non-hydrogen) atoms. The van der Waals surface area contributed by atoms with Crippen molar-refractivity contribution in [3.8, 4) is 11.5 Å². The van der Waals surface area contributed by atoms with E-state index in [9.17, 15) is 13.2 Å². The SMILES string of the molecule is CCSc1cnc(Cl)nc1-c1nc2cc(C(F)(F)F)cnc2n1C. The first-order valence-electron chi connectivity index (χ1n) is 6.86. The first-order valence-corrected chi connectivity index (χ1v) is 8.23. The number of rotatable bonds is 3. The number of hydrogen-bond donors (Lipinski definition) is 0. The van der Waals surface area contributed by atoms with Crippen LogP contribution >= 0.6 is 23.4 Å². The Morgan fingerprint density at radius 3 is 2.62 bits per heavy atom. The number of imidazole rings is 1. The molecule has 10 heteroatoms. The van der Waals surface area contributed by atoms with Gasteiger partial charge in [0.05, 0.1) is 10.5 Å². The molecule has 0 atom stereocenters. The fraction of sp³-hybridized carbons (Fsp3) is 0.286. The molecule has 0 spiro atoms. The highest BCUT2D eigenvalue weighted by Gasteiger charge is 2.32. The predicted molar refractivity (Wildman–Crippen MR) is 85.9 cm³/mol. The quantitative estimate of drug-likeness (QED) is 0.508. The molecule has 0 aliphatic heterocycles. The van der Waals surface area contributed by atoms with Gasteiger partial charge in [-0.2, -0.15) is 13.2 Å². The van der Waals surface area contributed by atoms with Crippen molar-refractivity contribution in [3.63, 3.8) is 0 Å². The average Bonchev–Trinajstić information content (AvgIpc) is 2.85. The molecule has 0 aromatic carbocycles. The van der Waals surface area contributed by atoms with Crippen LogP contribution < -0.4 is 0 Å². The fourth-order valence-electron chi connectivity index (χ4n) is 2.21. The summed E-state index contributed by atoms with van der Waals surface area (Å²) in [7, 11) is 1.67. The Hall–Kier alpha value is -1.87. The second kappa shape index (κ2) is 6.21. The summed E-state index contributed by atoms with van der Waals surface area (Å²) < 4.78 is 40.1. The maximum atomic E-state index is 12.8. The van der Waals surface area contributed by atoms with Crippen molar-refractivity contribution in [2.45, 2.75) is 18.0 Å². The largest absolute Gasteiger partial charge is 0.417 e. The minimum atomic E-state index is -4.47. The second-order valence-electron chi connectivity index (χ2n) is 4.84. The van der Waals surface area contributed by atoms with E-state index in [0.717, 1.165) is 22.9 Å². The standard InChI is InChI=1S/C14H11ClF3N5S/c1-3-24-9-6-20-13(15)22-10(9)12-21-8-4-7(14(16,17)18)5-19-11(8)23(12)2/h4-6H,3H2,1-2H3. The Bertz CT molecular complexity index is 909. The lowest BCUT2D eigenvalue weighted by molar-refractivity contribution is -0.137. The van der Waals surface area contributed by atoms with E-state index in [0.29, 0.717) is 17.2 Å². The van der Waals surface area contributed by atoms with Crippen molar-refractivity contribution >= 4 is 34.5 Å². The molecule has 3 rings (SSSR count). The second-order valence-corrected chi connectivity index (χ2v) is 6.49. The highest BCUT2D eigenvalue weighted by molar-refractivity contribution is 7.99. The summed E-state index contributed by atoms with van der Waals surface area (Å²) in [6.07, 6.45) is -2.10. The summed E-state index contributed by atoms with van der Waals surface area (Å²) in [5.74, 6) is 1.16. The van der Waals surface area contributed by atoms with E-state index in [1.165, 1.54) is 11.8 Å². The minimum absolute atomic E-state index is 0.0430. The molecule has 0 N–H and O–H groups in total. The van der Waals surface area contributed by atoms with Gasteiger partial charge in [-0.1, -0.05) is 6.92 Å². The summed E-state index contributed by atoms with van der Waals surface area (Å²) in [6, 6.07) is 0.973. The summed E-state index contributed by atoms with van der Waals surface area (Å²) >= 11 is 7.36. The van der Waals surface area contributed by atoms with Crippen LogP contribution in [0.15, 0.2) is 23.4 Å². The van der Waals surface area contributed by atoms with Crippen LogP contribution in [0.25, 0.3) is 22.7 Å². The van der Waals surface area contributed by atoms with Gasteiger partial charge >= 0.3 is 6.18 Å². The molecule has 3 aromatic rings. The van der Waals surface area contributed by atoms with Gasteiger partial charge in [-0.25, -0.2) is 19.9 Å². The van der Waals surface area contributed by atoms with Crippen LogP contribution in [0.1, 0.15) is 12.5 Å². The van der Waals surface area contributed by atoms with E-state index in [4.69, 9.17) is 11.6 Å². The molecule has 0 aliphatic rings. The monoisotopic (exact) mass is 373 g/mol. The molecule has 0 unspecified atom stereocenters. The third-order valence-electron chi connectivity index (χ3n) is 3.27. The summed E-state index contributed by atoms with van der Waals surface area (Å²) in [6.45, 7) is 1.97. The van der Waals surface area contributed by atoms with Gasteiger partial charge in [0.15, 0.2) is 11.5 Å². The van der Waals surface area contributed by atoms with E-state index in [-0.39, 0.29) is 10.8 Å². The van der Waals surface area contributed by atoms with Crippen LogP contribution in [0.5, 0.6) is 0 Å². The first kappa shape index (κ1) is 17.0. The van der Waals surface area contributed by atoms with Gasteiger partial charge in [0.25, 0.3) is 0 Å². The highest BCUT2D eigenvalue weighted by atomic mass is 35.5. The molecular formula is C14H11ClF3N5S.